The van der Waals surface area contributed by atoms with E-state index in [1.165, 1.54) is 0 Å². The van der Waals surface area contributed by atoms with E-state index in [1.807, 2.05) is 0 Å². The smallest absolute Gasteiger partial charge is 0.258 e. The van der Waals surface area contributed by atoms with Gasteiger partial charge >= 0.3 is 0 Å². The number of nitrogens with zero attached hydrogens (tertiary/aromatic N) is 1. The fourth-order valence-corrected chi connectivity index (χ4v) is 1.76. The van der Waals surface area contributed by atoms with Crippen LogP contribution in [0.1, 0.15) is 12.2 Å². The Bertz CT molecular complexity index is 565. The number of aromatic nitrogens is 2. The lowest BCUT2D eigenvalue weighted by molar-refractivity contribution is 0.287. The molecule has 5 heteroatoms. The van der Waals surface area contributed by atoms with Crippen LogP contribution in [0, 0.1) is 0 Å². The van der Waals surface area contributed by atoms with Crippen molar-refractivity contribution in [3.8, 4) is 0 Å². The Labute approximate surface area is 96.9 Å². The van der Waals surface area contributed by atoms with Crippen LogP contribution >= 0.6 is 11.6 Å². The predicted molar refractivity (Wildman–Crippen MR) is 62.8 cm³/mol. The largest absolute Gasteiger partial charge is 0.396 e. The maximum Gasteiger partial charge on any atom is 0.258 e. The molecule has 0 fully saturated rings. The van der Waals surface area contributed by atoms with Gasteiger partial charge in [-0.25, -0.2) is 4.98 Å². The molecule has 4 nitrogen and oxygen atoms in total. The summed E-state index contributed by atoms with van der Waals surface area (Å²) in [6.07, 6.45) is 1.10. The number of halogens is 1. The number of H-pyrrole nitrogens is 1. The molecule has 0 unspecified atom stereocenters. The van der Waals surface area contributed by atoms with Crippen LogP contribution < -0.4 is 5.56 Å². The first kappa shape index (κ1) is 11.1. The Morgan fingerprint density at radius 3 is 3.00 bits per heavy atom. The Hall–Kier alpha value is -1.39. The number of aliphatic hydroxyl groups excluding tert-OH is 1. The molecule has 0 amide bonds. The number of hydrogen-bond acceptors (Lipinski definition) is 3. The van der Waals surface area contributed by atoms with Crippen LogP contribution in [0.5, 0.6) is 0 Å². The van der Waals surface area contributed by atoms with Crippen molar-refractivity contribution in [2.45, 2.75) is 12.8 Å². The minimum atomic E-state index is -0.194. The Kier molecular flexibility index (Phi) is 3.22. The molecule has 0 atom stereocenters. The van der Waals surface area contributed by atoms with Crippen molar-refractivity contribution in [2.24, 2.45) is 0 Å². The maximum atomic E-state index is 11.7. The van der Waals surface area contributed by atoms with Gasteiger partial charge in [-0.1, -0.05) is 17.7 Å². The first-order valence-corrected chi connectivity index (χ1v) is 5.38. The summed E-state index contributed by atoms with van der Waals surface area (Å²) in [7, 11) is 0. The average Bonchev–Trinajstić information content (AvgIpc) is 2.28. The fraction of sp³-hybridized carbons (Fsp3) is 0.273. The fourth-order valence-electron chi connectivity index (χ4n) is 1.54. The third kappa shape index (κ3) is 2.08. The lowest BCUT2D eigenvalue weighted by atomic mass is 10.2. The number of benzene rings is 1. The van der Waals surface area contributed by atoms with E-state index in [1.54, 1.807) is 18.2 Å². The normalized spacial score (nSPS) is 10.9. The molecule has 1 aromatic carbocycles. The third-order valence-electron chi connectivity index (χ3n) is 2.31. The molecule has 0 aliphatic carbocycles. The Balaban J connectivity index is 2.57. The molecule has 84 valence electrons. The zero-order chi connectivity index (χ0) is 11.5. The Morgan fingerprint density at radius 1 is 1.44 bits per heavy atom. The molecule has 0 saturated heterocycles. The minimum Gasteiger partial charge on any atom is -0.396 e. The van der Waals surface area contributed by atoms with Crippen LogP contribution in [0.15, 0.2) is 23.0 Å². The van der Waals surface area contributed by atoms with E-state index in [4.69, 9.17) is 16.7 Å². The zero-order valence-corrected chi connectivity index (χ0v) is 9.29. The molecule has 16 heavy (non-hydrogen) atoms. The minimum absolute atomic E-state index is 0.0737. The van der Waals surface area contributed by atoms with Gasteiger partial charge in [0, 0.05) is 13.0 Å². The predicted octanol–water partition coefficient (Wildman–Crippen LogP) is 1.50. The van der Waals surface area contributed by atoms with Crippen LogP contribution in [-0.2, 0) is 6.42 Å². The molecule has 0 spiro atoms. The highest BCUT2D eigenvalue weighted by molar-refractivity contribution is 6.34. The van der Waals surface area contributed by atoms with Crippen molar-refractivity contribution in [3.05, 3.63) is 39.4 Å². The highest BCUT2D eigenvalue weighted by Crippen LogP contribution is 2.18. The second kappa shape index (κ2) is 4.63. The van der Waals surface area contributed by atoms with E-state index in [0.29, 0.717) is 34.6 Å². The standard InChI is InChI=1S/C11H11ClN2O2/c12-8-4-1-3-7-10(8)13-9(5-2-6-15)14-11(7)16/h1,3-4,15H,2,5-6H2,(H,13,14,16). The molecule has 1 aromatic heterocycles. The van der Waals surface area contributed by atoms with E-state index in [9.17, 15) is 4.79 Å². The average molecular weight is 239 g/mol. The van der Waals surface area contributed by atoms with Crippen molar-refractivity contribution < 1.29 is 5.11 Å². The van der Waals surface area contributed by atoms with Crippen molar-refractivity contribution >= 4 is 22.5 Å². The Morgan fingerprint density at radius 2 is 2.25 bits per heavy atom. The van der Waals surface area contributed by atoms with Gasteiger partial charge in [-0.2, -0.15) is 0 Å². The number of aliphatic hydroxyl groups is 1. The SMILES string of the molecule is O=c1[nH]c(CCCO)nc2c(Cl)cccc12. The molecule has 0 aliphatic rings. The van der Waals surface area contributed by atoms with Gasteiger partial charge in [0.2, 0.25) is 0 Å². The second-order valence-electron chi connectivity index (χ2n) is 3.48. The molecule has 1 heterocycles. The zero-order valence-electron chi connectivity index (χ0n) is 8.53. The molecule has 0 bridgehead atoms. The van der Waals surface area contributed by atoms with Gasteiger partial charge in [-0.15, -0.1) is 0 Å². The topological polar surface area (TPSA) is 66.0 Å². The number of para-hydroxylation sites is 1. The number of aromatic amines is 1. The van der Waals surface area contributed by atoms with Gasteiger partial charge in [0.15, 0.2) is 0 Å². The maximum absolute atomic E-state index is 11.7. The first-order valence-electron chi connectivity index (χ1n) is 5.00. The van der Waals surface area contributed by atoms with Crippen molar-refractivity contribution in [3.63, 3.8) is 0 Å². The van der Waals surface area contributed by atoms with E-state index in [2.05, 4.69) is 9.97 Å². The third-order valence-corrected chi connectivity index (χ3v) is 2.61. The number of aryl methyl sites for hydroxylation is 1. The summed E-state index contributed by atoms with van der Waals surface area (Å²) in [6, 6.07) is 5.10. The van der Waals surface area contributed by atoms with Crippen LogP contribution in [0.3, 0.4) is 0 Å². The van der Waals surface area contributed by atoms with Crippen LogP contribution in [0.2, 0.25) is 5.02 Å². The summed E-state index contributed by atoms with van der Waals surface area (Å²) in [6.45, 7) is 0.0737. The van der Waals surface area contributed by atoms with Gasteiger partial charge < -0.3 is 10.1 Å². The molecular weight excluding hydrogens is 228 g/mol. The summed E-state index contributed by atoms with van der Waals surface area (Å²) >= 11 is 5.97. The number of nitrogens with one attached hydrogen (secondary N) is 1. The van der Waals surface area contributed by atoms with E-state index < -0.39 is 0 Å². The van der Waals surface area contributed by atoms with Gasteiger partial charge in [0.25, 0.3) is 5.56 Å². The van der Waals surface area contributed by atoms with Gasteiger partial charge in [-0.3, -0.25) is 4.79 Å². The van der Waals surface area contributed by atoms with Crippen molar-refractivity contribution in [2.75, 3.05) is 6.61 Å². The van der Waals surface area contributed by atoms with Crippen molar-refractivity contribution in [1.29, 1.82) is 0 Å². The summed E-state index contributed by atoms with van der Waals surface area (Å²) < 4.78 is 0. The first-order chi connectivity index (χ1) is 7.72. The number of fused-ring (bicyclic) bond motifs is 1. The van der Waals surface area contributed by atoms with Crippen LogP contribution in [0.25, 0.3) is 10.9 Å². The quantitative estimate of drug-likeness (QED) is 0.852. The van der Waals surface area contributed by atoms with Crippen LogP contribution in [0.4, 0.5) is 0 Å². The summed E-state index contributed by atoms with van der Waals surface area (Å²) in [4.78, 5) is 18.6. The van der Waals surface area contributed by atoms with Crippen LogP contribution in [-0.4, -0.2) is 21.7 Å². The molecule has 0 radical (unpaired) electrons. The highest BCUT2D eigenvalue weighted by Gasteiger charge is 2.06. The molecule has 0 saturated carbocycles. The lowest BCUT2D eigenvalue weighted by Gasteiger charge is -2.03. The number of hydrogen-bond donors (Lipinski definition) is 2. The summed E-state index contributed by atoms with van der Waals surface area (Å²) in [5.74, 6) is 0.555. The summed E-state index contributed by atoms with van der Waals surface area (Å²) in [5.41, 5.74) is 0.321. The molecule has 2 N–H and O–H groups in total. The monoisotopic (exact) mass is 238 g/mol. The van der Waals surface area contributed by atoms with Gasteiger partial charge in [0.05, 0.1) is 15.9 Å². The summed E-state index contributed by atoms with van der Waals surface area (Å²) in [5, 5.41) is 9.67. The van der Waals surface area contributed by atoms with Gasteiger partial charge in [-0.05, 0) is 18.6 Å². The molecule has 0 aliphatic heterocycles. The van der Waals surface area contributed by atoms with Gasteiger partial charge in [0.1, 0.15) is 5.82 Å². The lowest BCUT2D eigenvalue weighted by Crippen LogP contribution is -2.12. The molecular formula is C11H11ClN2O2. The number of rotatable bonds is 3. The van der Waals surface area contributed by atoms with E-state index in [0.717, 1.165) is 0 Å². The molecule has 2 rings (SSSR count). The van der Waals surface area contributed by atoms with Crippen molar-refractivity contribution in [1.82, 2.24) is 9.97 Å². The second-order valence-corrected chi connectivity index (χ2v) is 3.88. The van der Waals surface area contributed by atoms with E-state index in [-0.39, 0.29) is 12.2 Å². The molecule has 2 aromatic rings. The highest BCUT2D eigenvalue weighted by atomic mass is 35.5. The van der Waals surface area contributed by atoms with E-state index >= 15 is 0 Å².